The van der Waals surface area contributed by atoms with Gasteiger partial charge in [-0.15, -0.1) is 0 Å². The molecule has 3 fully saturated rings. The maximum atomic E-state index is 13.9. The first kappa shape index (κ1) is 26.6. The smallest absolute Gasteiger partial charge is 0.265 e. The summed E-state index contributed by atoms with van der Waals surface area (Å²) in [6, 6.07) is 16.3. The van der Waals surface area contributed by atoms with Crippen LogP contribution in [0.4, 0.5) is 14.6 Å². The van der Waals surface area contributed by atoms with Crippen molar-refractivity contribution in [3.05, 3.63) is 65.2 Å². The Hall–Kier alpha value is -3.30. The number of halogens is 2. The predicted molar refractivity (Wildman–Crippen MR) is 155 cm³/mol. The monoisotopic (exact) mass is 561 g/mol. The van der Waals surface area contributed by atoms with E-state index in [0.717, 1.165) is 79.8 Å². The Morgan fingerprint density at radius 3 is 2.83 bits per heavy atom. The molecule has 3 aromatic rings. The van der Waals surface area contributed by atoms with Gasteiger partial charge >= 0.3 is 0 Å². The summed E-state index contributed by atoms with van der Waals surface area (Å²) in [6.07, 6.45) is 3.66. The Balaban J connectivity index is 0.956. The summed E-state index contributed by atoms with van der Waals surface area (Å²) in [5.41, 5.74) is 3.90. The Morgan fingerprint density at radius 2 is 1.98 bits per heavy atom. The number of fused-ring (bicyclic) bond motifs is 2. The van der Waals surface area contributed by atoms with Gasteiger partial charge in [-0.1, -0.05) is 6.07 Å². The van der Waals surface area contributed by atoms with Crippen LogP contribution in [0.25, 0.3) is 10.9 Å². The summed E-state index contributed by atoms with van der Waals surface area (Å²) in [5.74, 6) is -1.05. The number of likely N-dealkylation sites (tertiary alicyclic amines) is 1. The molecule has 1 aromatic heterocycles. The molecule has 4 aliphatic rings. The number of nitrogens with zero attached hydrogens (tertiary/aromatic N) is 4. The van der Waals surface area contributed by atoms with Gasteiger partial charge in [0.2, 0.25) is 0 Å². The van der Waals surface area contributed by atoms with Gasteiger partial charge in [0, 0.05) is 62.7 Å². The highest BCUT2D eigenvalue weighted by atomic mass is 19.3. The van der Waals surface area contributed by atoms with E-state index in [1.807, 2.05) is 35.2 Å². The molecular formula is C32H37F2N5O2. The average molecular weight is 562 g/mol. The van der Waals surface area contributed by atoms with Crippen molar-refractivity contribution in [1.29, 1.82) is 0 Å². The van der Waals surface area contributed by atoms with Crippen LogP contribution in [-0.2, 0) is 13.1 Å². The van der Waals surface area contributed by atoms with Gasteiger partial charge in [-0.25, -0.2) is 13.8 Å². The lowest BCUT2D eigenvalue weighted by Crippen LogP contribution is -2.46. The number of aromatic nitrogens is 1. The van der Waals surface area contributed by atoms with E-state index in [1.54, 1.807) is 4.90 Å². The quantitative estimate of drug-likeness (QED) is 0.465. The van der Waals surface area contributed by atoms with Crippen LogP contribution in [-0.4, -0.2) is 78.0 Å². The van der Waals surface area contributed by atoms with Gasteiger partial charge in [-0.3, -0.25) is 9.69 Å². The van der Waals surface area contributed by atoms with Gasteiger partial charge in [0.25, 0.3) is 11.8 Å². The van der Waals surface area contributed by atoms with Crippen molar-refractivity contribution in [2.45, 2.75) is 63.3 Å². The minimum Gasteiger partial charge on any atom is -0.489 e. The van der Waals surface area contributed by atoms with Crippen molar-refractivity contribution in [3.8, 4) is 5.75 Å². The SMILES string of the molecule is O=C1c2ccc(O[C@H]3CCN(Cc4ccc5nc(N6CCCC(F)(F)C6)ccc5c4)C3)cc2CN1C1CCCNC1. The van der Waals surface area contributed by atoms with Crippen molar-refractivity contribution >= 4 is 22.6 Å². The summed E-state index contributed by atoms with van der Waals surface area (Å²) < 4.78 is 34.2. The maximum absolute atomic E-state index is 13.9. The third-order valence-corrected chi connectivity index (χ3v) is 9.01. The Labute approximate surface area is 239 Å². The number of ether oxygens (including phenoxy) is 1. The molecule has 9 heteroatoms. The van der Waals surface area contributed by atoms with E-state index < -0.39 is 5.92 Å². The molecule has 0 aliphatic carbocycles. The van der Waals surface area contributed by atoms with Gasteiger partial charge in [0.1, 0.15) is 17.7 Å². The normalized spacial score (nSPS) is 24.7. The number of alkyl halides is 2. The van der Waals surface area contributed by atoms with Crippen molar-refractivity contribution in [2.24, 2.45) is 0 Å². The van der Waals surface area contributed by atoms with Crippen LogP contribution in [0.3, 0.4) is 0 Å². The van der Waals surface area contributed by atoms with Crippen LogP contribution in [0, 0.1) is 0 Å². The first-order valence-electron chi connectivity index (χ1n) is 15.0. The standard InChI is InChI=1S/C32H37F2N5O2/c33-32(34)11-2-13-38(21-32)30-9-5-23-15-22(4-8-29(23)36-30)18-37-14-10-27(20-37)41-26-6-7-28-24(16-26)19-39(31(28)40)25-3-1-12-35-17-25/h4-9,15-16,25,27,35H,1-3,10-14,17-21H2/t25?,27-/m0/s1. The summed E-state index contributed by atoms with van der Waals surface area (Å²) in [6.45, 7) is 5.54. The second kappa shape index (κ2) is 10.8. The zero-order valence-corrected chi connectivity index (χ0v) is 23.3. The zero-order valence-electron chi connectivity index (χ0n) is 23.3. The molecule has 7 nitrogen and oxygen atoms in total. The van der Waals surface area contributed by atoms with Crippen LogP contribution in [0.5, 0.6) is 5.75 Å². The van der Waals surface area contributed by atoms with Crippen molar-refractivity contribution in [2.75, 3.05) is 44.2 Å². The number of piperidine rings is 2. The number of nitrogens with one attached hydrogen (secondary N) is 1. The lowest BCUT2D eigenvalue weighted by molar-refractivity contribution is -0.0118. The molecule has 4 aliphatic heterocycles. The first-order chi connectivity index (χ1) is 19.9. The van der Waals surface area contributed by atoms with E-state index in [-0.39, 0.29) is 31.0 Å². The molecule has 1 amide bonds. The highest BCUT2D eigenvalue weighted by Crippen LogP contribution is 2.32. The predicted octanol–water partition coefficient (Wildman–Crippen LogP) is 4.83. The summed E-state index contributed by atoms with van der Waals surface area (Å²) in [4.78, 5) is 23.8. The summed E-state index contributed by atoms with van der Waals surface area (Å²) in [7, 11) is 0. The molecule has 0 radical (unpaired) electrons. The molecule has 0 bridgehead atoms. The molecule has 1 unspecified atom stereocenters. The number of hydrogen-bond donors (Lipinski definition) is 1. The van der Waals surface area contributed by atoms with Crippen molar-refractivity contribution in [1.82, 2.24) is 20.1 Å². The molecule has 216 valence electrons. The highest BCUT2D eigenvalue weighted by molar-refractivity contribution is 5.98. The largest absolute Gasteiger partial charge is 0.489 e. The van der Waals surface area contributed by atoms with Crippen molar-refractivity contribution < 1.29 is 18.3 Å². The number of anilines is 1. The number of rotatable bonds is 6. The van der Waals surface area contributed by atoms with E-state index in [9.17, 15) is 13.6 Å². The van der Waals surface area contributed by atoms with Crippen LogP contribution >= 0.6 is 0 Å². The molecule has 41 heavy (non-hydrogen) atoms. The fourth-order valence-corrected chi connectivity index (χ4v) is 6.88. The molecule has 0 saturated carbocycles. The molecule has 2 atom stereocenters. The third-order valence-electron chi connectivity index (χ3n) is 9.01. The van der Waals surface area contributed by atoms with Crippen LogP contribution in [0.2, 0.25) is 0 Å². The minimum absolute atomic E-state index is 0.0472. The molecule has 5 heterocycles. The molecule has 2 aromatic carbocycles. The number of amides is 1. The van der Waals surface area contributed by atoms with Gasteiger partial charge in [-0.05, 0) is 85.8 Å². The summed E-state index contributed by atoms with van der Waals surface area (Å²) >= 11 is 0. The molecule has 7 rings (SSSR count). The fourth-order valence-electron chi connectivity index (χ4n) is 6.88. The Bertz CT molecular complexity index is 1440. The fraction of sp³-hybridized carbons (Fsp3) is 0.500. The van der Waals surface area contributed by atoms with Gasteiger partial charge in [-0.2, -0.15) is 0 Å². The Kier molecular flexibility index (Phi) is 7.03. The number of benzene rings is 2. The summed E-state index contributed by atoms with van der Waals surface area (Å²) in [5, 5.41) is 4.44. The van der Waals surface area contributed by atoms with E-state index in [4.69, 9.17) is 4.74 Å². The van der Waals surface area contributed by atoms with Crippen molar-refractivity contribution in [3.63, 3.8) is 0 Å². The third kappa shape index (κ3) is 5.62. The van der Waals surface area contributed by atoms with Gasteiger partial charge in [0.05, 0.1) is 12.1 Å². The lowest BCUT2D eigenvalue weighted by Gasteiger charge is -2.33. The molecular weight excluding hydrogens is 524 g/mol. The lowest BCUT2D eigenvalue weighted by atomic mass is 10.1. The number of carbonyl (C=O) groups is 1. The van der Waals surface area contributed by atoms with E-state index in [2.05, 4.69) is 33.4 Å². The van der Waals surface area contributed by atoms with E-state index in [1.165, 1.54) is 5.56 Å². The van der Waals surface area contributed by atoms with E-state index in [0.29, 0.717) is 25.3 Å². The second-order valence-electron chi connectivity index (χ2n) is 12.1. The van der Waals surface area contributed by atoms with E-state index >= 15 is 0 Å². The minimum atomic E-state index is -2.65. The number of hydrogen-bond acceptors (Lipinski definition) is 6. The zero-order chi connectivity index (χ0) is 28.0. The number of carbonyl (C=O) groups excluding carboxylic acids is 1. The van der Waals surface area contributed by atoms with Gasteiger partial charge < -0.3 is 19.9 Å². The van der Waals surface area contributed by atoms with Crippen LogP contribution < -0.4 is 15.0 Å². The second-order valence-corrected chi connectivity index (χ2v) is 12.1. The maximum Gasteiger partial charge on any atom is 0.265 e. The van der Waals surface area contributed by atoms with Gasteiger partial charge in [0.15, 0.2) is 0 Å². The molecule has 3 saturated heterocycles. The molecule has 1 N–H and O–H groups in total. The van der Waals surface area contributed by atoms with Crippen LogP contribution in [0.15, 0.2) is 48.5 Å². The topological polar surface area (TPSA) is 60.9 Å². The first-order valence-corrected chi connectivity index (χ1v) is 15.0. The van der Waals surface area contributed by atoms with Crippen LogP contribution in [0.1, 0.15) is 53.6 Å². The Morgan fingerprint density at radius 1 is 1.05 bits per heavy atom. The molecule has 0 spiro atoms. The highest BCUT2D eigenvalue weighted by Gasteiger charge is 2.36. The average Bonchev–Trinajstić information content (AvgIpc) is 3.55. The number of pyridine rings is 1.